The lowest BCUT2D eigenvalue weighted by Gasteiger charge is -2.41. The number of nitrogens with zero attached hydrogens (tertiary/aromatic N) is 1. The van der Waals surface area contributed by atoms with E-state index in [4.69, 9.17) is 0 Å². The van der Waals surface area contributed by atoms with Crippen LogP contribution in [0.3, 0.4) is 0 Å². The lowest BCUT2D eigenvalue weighted by molar-refractivity contribution is -0.151. The summed E-state index contributed by atoms with van der Waals surface area (Å²) < 4.78 is 12.4. The van der Waals surface area contributed by atoms with Crippen molar-refractivity contribution < 1.29 is 14.0 Å². The maximum atomic E-state index is 12.4. The summed E-state index contributed by atoms with van der Waals surface area (Å²) in [6.07, 6.45) is 2.59. The predicted molar refractivity (Wildman–Crippen MR) is 72.4 cm³/mol. The Kier molecular flexibility index (Phi) is 6.25. The van der Waals surface area contributed by atoms with Crippen LogP contribution in [0.2, 0.25) is 0 Å². The molecule has 2 amide bonds. The molecule has 1 aliphatic heterocycles. The van der Waals surface area contributed by atoms with E-state index in [-0.39, 0.29) is 17.7 Å². The lowest BCUT2D eigenvalue weighted by atomic mass is 9.92. The molecular weight excluding hydrogens is 247 g/mol. The highest BCUT2D eigenvalue weighted by Gasteiger charge is 2.41. The molecule has 4 nitrogen and oxygen atoms in total. The van der Waals surface area contributed by atoms with Crippen molar-refractivity contribution in [2.75, 3.05) is 13.2 Å². The number of carbonyl (C=O) groups is 2. The Balaban J connectivity index is 2.89. The Labute approximate surface area is 114 Å². The zero-order chi connectivity index (χ0) is 14.4. The minimum Gasteiger partial charge on any atom is -0.342 e. The molecule has 0 bridgehead atoms. The van der Waals surface area contributed by atoms with Crippen molar-refractivity contribution >= 4 is 11.8 Å². The molecule has 1 rings (SSSR count). The molecule has 3 unspecified atom stereocenters. The first kappa shape index (κ1) is 15.9. The molecule has 19 heavy (non-hydrogen) atoms. The average molecular weight is 272 g/mol. The van der Waals surface area contributed by atoms with Gasteiger partial charge < -0.3 is 10.2 Å². The lowest BCUT2D eigenvalue weighted by Crippen LogP contribution is -2.65. The van der Waals surface area contributed by atoms with Crippen LogP contribution >= 0.6 is 0 Å². The fraction of sp³-hybridized carbons (Fsp3) is 0.857. The van der Waals surface area contributed by atoms with Gasteiger partial charge in [0.05, 0.1) is 6.67 Å². The van der Waals surface area contributed by atoms with Gasteiger partial charge in [-0.15, -0.1) is 0 Å². The molecule has 1 saturated heterocycles. The number of nitrogens with one attached hydrogen (secondary N) is 1. The summed E-state index contributed by atoms with van der Waals surface area (Å²) in [6, 6.07) is -0.880. The molecule has 3 atom stereocenters. The molecule has 1 fully saturated rings. The highest BCUT2D eigenvalue weighted by molar-refractivity contribution is 5.97. The van der Waals surface area contributed by atoms with E-state index in [9.17, 15) is 14.0 Å². The predicted octanol–water partition coefficient (Wildman–Crippen LogP) is 1.89. The van der Waals surface area contributed by atoms with Gasteiger partial charge in [0, 0.05) is 6.54 Å². The standard InChI is InChI=1S/C14H25FN2O2/c1-4-7-11-14(19)17(9-6-8-15)12(10(3)5-2)13(18)16-11/h10-12H,4-9H2,1-3H3,(H,16,18). The van der Waals surface area contributed by atoms with Gasteiger partial charge in [-0.1, -0.05) is 33.6 Å². The largest absolute Gasteiger partial charge is 0.342 e. The monoisotopic (exact) mass is 272 g/mol. The van der Waals surface area contributed by atoms with Crippen molar-refractivity contribution in [3.05, 3.63) is 0 Å². The van der Waals surface area contributed by atoms with Gasteiger partial charge in [0.15, 0.2) is 0 Å². The molecule has 0 saturated carbocycles. The Morgan fingerprint density at radius 1 is 1.37 bits per heavy atom. The molecule has 0 radical (unpaired) electrons. The van der Waals surface area contributed by atoms with E-state index in [2.05, 4.69) is 5.32 Å². The number of piperazine rings is 1. The van der Waals surface area contributed by atoms with Crippen molar-refractivity contribution in [1.29, 1.82) is 0 Å². The maximum absolute atomic E-state index is 12.4. The molecule has 5 heteroatoms. The van der Waals surface area contributed by atoms with Crippen LogP contribution in [-0.4, -0.2) is 42.0 Å². The fourth-order valence-electron chi connectivity index (χ4n) is 2.55. The van der Waals surface area contributed by atoms with E-state index in [1.54, 1.807) is 4.90 Å². The molecular formula is C14H25FN2O2. The number of carbonyl (C=O) groups excluding carboxylic acids is 2. The van der Waals surface area contributed by atoms with E-state index in [1.807, 2.05) is 20.8 Å². The first-order valence-electron chi connectivity index (χ1n) is 7.23. The van der Waals surface area contributed by atoms with Gasteiger partial charge in [-0.25, -0.2) is 0 Å². The van der Waals surface area contributed by atoms with Crippen molar-refractivity contribution in [3.63, 3.8) is 0 Å². The summed E-state index contributed by atoms with van der Waals surface area (Å²) in [7, 11) is 0. The molecule has 0 aromatic heterocycles. The Hall–Kier alpha value is -1.13. The van der Waals surface area contributed by atoms with Crippen LogP contribution in [-0.2, 0) is 9.59 Å². The van der Waals surface area contributed by atoms with Crippen molar-refractivity contribution in [2.45, 2.75) is 58.5 Å². The number of rotatable bonds is 7. The zero-order valence-corrected chi connectivity index (χ0v) is 12.1. The number of alkyl halides is 1. The maximum Gasteiger partial charge on any atom is 0.245 e. The second-order valence-corrected chi connectivity index (χ2v) is 5.25. The second kappa shape index (κ2) is 7.46. The van der Waals surface area contributed by atoms with Gasteiger partial charge in [-0.05, 0) is 18.8 Å². The van der Waals surface area contributed by atoms with E-state index >= 15 is 0 Å². The van der Waals surface area contributed by atoms with E-state index in [1.165, 1.54) is 0 Å². The first-order chi connectivity index (χ1) is 9.06. The molecule has 1 N–H and O–H groups in total. The summed E-state index contributed by atoms with van der Waals surface area (Å²) in [4.78, 5) is 26.2. The molecule has 0 aromatic rings. The SMILES string of the molecule is CCCC1NC(=O)C(C(C)CC)N(CCCF)C1=O. The summed E-state index contributed by atoms with van der Waals surface area (Å²) >= 11 is 0. The third-order valence-corrected chi connectivity index (χ3v) is 3.80. The molecule has 0 aromatic carbocycles. The fourth-order valence-corrected chi connectivity index (χ4v) is 2.55. The van der Waals surface area contributed by atoms with Crippen molar-refractivity contribution in [1.82, 2.24) is 10.2 Å². The molecule has 0 spiro atoms. The van der Waals surface area contributed by atoms with Crippen LogP contribution < -0.4 is 5.32 Å². The van der Waals surface area contributed by atoms with Gasteiger partial charge in [-0.2, -0.15) is 0 Å². The van der Waals surface area contributed by atoms with Gasteiger partial charge in [0.2, 0.25) is 11.8 Å². The highest BCUT2D eigenvalue weighted by Crippen LogP contribution is 2.21. The van der Waals surface area contributed by atoms with E-state index < -0.39 is 18.8 Å². The molecule has 1 heterocycles. The van der Waals surface area contributed by atoms with Crippen LogP contribution in [0.1, 0.15) is 46.5 Å². The number of halogens is 1. The Bertz CT molecular complexity index is 323. The molecule has 0 aliphatic carbocycles. The third kappa shape index (κ3) is 3.67. The average Bonchev–Trinajstić information content (AvgIpc) is 2.40. The zero-order valence-electron chi connectivity index (χ0n) is 12.1. The van der Waals surface area contributed by atoms with Crippen LogP contribution in [0.5, 0.6) is 0 Å². The van der Waals surface area contributed by atoms with E-state index in [0.29, 0.717) is 19.4 Å². The third-order valence-electron chi connectivity index (χ3n) is 3.80. The summed E-state index contributed by atoms with van der Waals surface area (Å²) in [5.74, 6) is -0.0578. The molecule has 110 valence electrons. The Morgan fingerprint density at radius 2 is 2.05 bits per heavy atom. The number of hydrogen-bond donors (Lipinski definition) is 1. The van der Waals surface area contributed by atoms with Gasteiger partial charge >= 0.3 is 0 Å². The summed E-state index contributed by atoms with van der Waals surface area (Å²) in [5.41, 5.74) is 0. The summed E-state index contributed by atoms with van der Waals surface area (Å²) in [6.45, 7) is 5.80. The summed E-state index contributed by atoms with van der Waals surface area (Å²) in [5, 5.41) is 2.81. The number of hydrogen-bond acceptors (Lipinski definition) is 2. The highest BCUT2D eigenvalue weighted by atomic mass is 19.1. The van der Waals surface area contributed by atoms with Crippen LogP contribution in [0.4, 0.5) is 4.39 Å². The second-order valence-electron chi connectivity index (χ2n) is 5.25. The van der Waals surface area contributed by atoms with E-state index in [0.717, 1.165) is 12.8 Å². The first-order valence-corrected chi connectivity index (χ1v) is 7.23. The minimum atomic E-state index is -0.461. The van der Waals surface area contributed by atoms with Crippen LogP contribution in [0.15, 0.2) is 0 Å². The normalized spacial score (nSPS) is 25.4. The van der Waals surface area contributed by atoms with Crippen molar-refractivity contribution in [2.24, 2.45) is 5.92 Å². The van der Waals surface area contributed by atoms with Gasteiger partial charge in [0.1, 0.15) is 12.1 Å². The Morgan fingerprint density at radius 3 is 2.58 bits per heavy atom. The molecule has 1 aliphatic rings. The van der Waals surface area contributed by atoms with Crippen LogP contribution in [0.25, 0.3) is 0 Å². The van der Waals surface area contributed by atoms with Crippen LogP contribution in [0, 0.1) is 5.92 Å². The topological polar surface area (TPSA) is 49.4 Å². The minimum absolute atomic E-state index is 0.0554. The van der Waals surface area contributed by atoms with Gasteiger partial charge in [0.25, 0.3) is 0 Å². The smallest absolute Gasteiger partial charge is 0.245 e. The number of amides is 2. The van der Waals surface area contributed by atoms with Gasteiger partial charge in [-0.3, -0.25) is 14.0 Å². The quantitative estimate of drug-likeness (QED) is 0.769. The van der Waals surface area contributed by atoms with Crippen molar-refractivity contribution in [3.8, 4) is 0 Å².